The highest BCUT2D eigenvalue weighted by Gasteiger charge is 2.31. The Morgan fingerprint density at radius 2 is 1.65 bits per heavy atom. The number of nitrogens with zero attached hydrogens (tertiary/aromatic N) is 1. The molecule has 8 heteroatoms. The average Bonchev–Trinajstić information content (AvgIpc) is 2.96. The van der Waals surface area contributed by atoms with Crippen LogP contribution in [0.25, 0.3) is 0 Å². The molecule has 3 atom stereocenters. The van der Waals surface area contributed by atoms with E-state index in [-0.39, 0.29) is 35.8 Å². The number of aromatic hydroxyl groups is 1. The van der Waals surface area contributed by atoms with Crippen LogP contribution in [-0.2, 0) is 16.0 Å². The van der Waals surface area contributed by atoms with Crippen molar-refractivity contribution in [3.8, 4) is 17.2 Å². The maximum absolute atomic E-state index is 13.9. The highest BCUT2D eigenvalue weighted by atomic mass is 19.1. The molecule has 0 aliphatic heterocycles. The average molecular weight is 544 g/mol. The summed E-state index contributed by atoms with van der Waals surface area (Å²) in [5.74, 6) is -2.47. The van der Waals surface area contributed by atoms with E-state index in [1.165, 1.54) is 37.6 Å². The Labute approximate surface area is 232 Å². The third kappa shape index (κ3) is 7.22. The monoisotopic (exact) mass is 543 g/mol. The number of esters is 1. The SMILES string of the molecule is COc1ccnc(C(=O)C[C@@H](Cc2ccccc2)C(=O)O[C@@H](C)[C@H](Oc2cccc(F)c2)c2ccccc2)c1O. The van der Waals surface area contributed by atoms with Gasteiger partial charge in [0, 0.05) is 24.8 Å². The zero-order valence-corrected chi connectivity index (χ0v) is 22.2. The van der Waals surface area contributed by atoms with Crippen LogP contribution in [0.2, 0.25) is 0 Å². The molecule has 0 amide bonds. The lowest BCUT2D eigenvalue weighted by molar-refractivity contribution is -0.158. The van der Waals surface area contributed by atoms with Crippen LogP contribution in [0, 0.1) is 11.7 Å². The summed E-state index contributed by atoms with van der Waals surface area (Å²) >= 11 is 0. The lowest BCUT2D eigenvalue weighted by Crippen LogP contribution is -2.31. The van der Waals surface area contributed by atoms with Gasteiger partial charge in [-0.05, 0) is 36.6 Å². The molecular weight excluding hydrogens is 513 g/mol. The van der Waals surface area contributed by atoms with Gasteiger partial charge >= 0.3 is 5.97 Å². The molecule has 0 unspecified atom stereocenters. The first-order valence-corrected chi connectivity index (χ1v) is 12.8. The van der Waals surface area contributed by atoms with Gasteiger partial charge in [0.1, 0.15) is 17.7 Å². The van der Waals surface area contributed by atoms with E-state index in [9.17, 15) is 19.1 Å². The number of hydrogen-bond donors (Lipinski definition) is 1. The molecule has 4 aromatic rings. The minimum Gasteiger partial charge on any atom is -0.503 e. The van der Waals surface area contributed by atoms with Crippen molar-refractivity contribution in [1.82, 2.24) is 4.98 Å². The van der Waals surface area contributed by atoms with Gasteiger partial charge in [-0.15, -0.1) is 0 Å². The van der Waals surface area contributed by atoms with Crippen molar-refractivity contribution >= 4 is 11.8 Å². The van der Waals surface area contributed by atoms with Crippen molar-refractivity contribution in [3.05, 3.63) is 120 Å². The van der Waals surface area contributed by atoms with Crippen LogP contribution < -0.4 is 9.47 Å². The number of ether oxygens (including phenoxy) is 3. The number of aromatic nitrogens is 1. The van der Waals surface area contributed by atoms with E-state index in [0.717, 1.165) is 11.1 Å². The second-order valence-corrected chi connectivity index (χ2v) is 9.27. The van der Waals surface area contributed by atoms with Crippen molar-refractivity contribution in [1.29, 1.82) is 0 Å². The third-order valence-corrected chi connectivity index (χ3v) is 6.38. The number of methoxy groups -OCH3 is 1. The van der Waals surface area contributed by atoms with Gasteiger partial charge in [0.05, 0.1) is 13.0 Å². The Morgan fingerprint density at radius 1 is 0.950 bits per heavy atom. The smallest absolute Gasteiger partial charge is 0.310 e. The Morgan fingerprint density at radius 3 is 2.33 bits per heavy atom. The topological polar surface area (TPSA) is 95.0 Å². The fraction of sp³-hybridized carbons (Fsp3) is 0.219. The number of ketones is 1. The maximum Gasteiger partial charge on any atom is 0.310 e. The molecule has 0 aliphatic carbocycles. The summed E-state index contributed by atoms with van der Waals surface area (Å²) in [6, 6.07) is 25.6. The first-order chi connectivity index (χ1) is 19.4. The minimum atomic E-state index is -0.879. The first-order valence-electron chi connectivity index (χ1n) is 12.8. The van der Waals surface area contributed by atoms with Crippen molar-refractivity contribution in [2.45, 2.75) is 32.0 Å². The Bertz CT molecular complexity index is 1430. The van der Waals surface area contributed by atoms with Crippen LogP contribution in [-0.4, -0.2) is 35.1 Å². The van der Waals surface area contributed by atoms with Gasteiger partial charge < -0.3 is 19.3 Å². The van der Waals surface area contributed by atoms with Crippen molar-refractivity contribution < 1.29 is 33.3 Å². The van der Waals surface area contributed by atoms with Gasteiger partial charge in [-0.3, -0.25) is 9.59 Å². The van der Waals surface area contributed by atoms with Crippen LogP contribution in [0.1, 0.15) is 41.1 Å². The molecule has 0 radical (unpaired) electrons. The highest BCUT2D eigenvalue weighted by Crippen LogP contribution is 2.31. The van der Waals surface area contributed by atoms with E-state index >= 15 is 0 Å². The molecule has 3 aromatic carbocycles. The summed E-state index contributed by atoms with van der Waals surface area (Å²) in [6.07, 6.45) is -0.218. The molecule has 1 N–H and O–H groups in total. The maximum atomic E-state index is 13.9. The molecule has 0 saturated heterocycles. The van der Waals surface area contributed by atoms with Crippen LogP contribution in [0.3, 0.4) is 0 Å². The van der Waals surface area contributed by atoms with E-state index < -0.39 is 35.7 Å². The van der Waals surface area contributed by atoms with Gasteiger partial charge in [-0.25, -0.2) is 9.37 Å². The fourth-order valence-electron chi connectivity index (χ4n) is 4.37. The summed E-state index contributed by atoms with van der Waals surface area (Å²) in [7, 11) is 1.37. The summed E-state index contributed by atoms with van der Waals surface area (Å²) in [5, 5.41) is 10.4. The second kappa shape index (κ2) is 13.4. The van der Waals surface area contributed by atoms with Crippen molar-refractivity contribution in [2.24, 2.45) is 5.92 Å². The number of rotatable bonds is 12. The molecule has 1 heterocycles. The lowest BCUT2D eigenvalue weighted by Gasteiger charge is -2.27. The molecule has 0 bridgehead atoms. The molecule has 0 saturated carbocycles. The van der Waals surface area contributed by atoms with Gasteiger partial charge in [-0.1, -0.05) is 66.7 Å². The van der Waals surface area contributed by atoms with E-state index in [1.807, 2.05) is 60.7 Å². The molecule has 0 spiro atoms. The largest absolute Gasteiger partial charge is 0.503 e. The second-order valence-electron chi connectivity index (χ2n) is 9.27. The number of pyridine rings is 1. The minimum absolute atomic E-state index is 0.106. The molecule has 0 fully saturated rings. The number of halogens is 1. The van der Waals surface area contributed by atoms with E-state index in [2.05, 4.69) is 4.98 Å². The van der Waals surface area contributed by atoms with E-state index in [1.54, 1.807) is 13.0 Å². The summed E-state index contributed by atoms with van der Waals surface area (Å²) < 4.78 is 30.9. The van der Waals surface area contributed by atoms with Crippen LogP contribution in [0.15, 0.2) is 97.2 Å². The fourth-order valence-corrected chi connectivity index (χ4v) is 4.37. The predicted molar refractivity (Wildman–Crippen MR) is 147 cm³/mol. The summed E-state index contributed by atoms with van der Waals surface area (Å²) in [4.78, 5) is 30.8. The molecule has 206 valence electrons. The Hall–Kier alpha value is -4.72. The molecule has 1 aromatic heterocycles. The molecule has 4 rings (SSSR count). The zero-order valence-electron chi connectivity index (χ0n) is 22.2. The lowest BCUT2D eigenvalue weighted by atomic mass is 9.93. The summed E-state index contributed by atoms with van der Waals surface area (Å²) in [5.41, 5.74) is 1.38. The van der Waals surface area contributed by atoms with E-state index in [0.29, 0.717) is 0 Å². The normalized spacial score (nSPS) is 13.1. The molecule has 0 aliphatic rings. The van der Waals surface area contributed by atoms with Crippen molar-refractivity contribution in [2.75, 3.05) is 7.11 Å². The standard InChI is InChI=1S/C32H30FNO6/c1-21(31(23-12-7-4-8-13-23)40-26-15-9-14-25(33)20-26)39-32(37)24(18-22-10-5-3-6-11-22)19-27(35)29-30(36)28(38-2)16-17-34-29/h3-17,20-21,24,31,36H,18-19H2,1-2H3/t21-,24+,31-/m0/s1. The van der Waals surface area contributed by atoms with Crippen molar-refractivity contribution in [3.63, 3.8) is 0 Å². The van der Waals surface area contributed by atoms with Gasteiger partial charge in [0.25, 0.3) is 0 Å². The van der Waals surface area contributed by atoms with Gasteiger partial charge in [0.15, 0.2) is 29.1 Å². The van der Waals surface area contributed by atoms with Crippen LogP contribution in [0.5, 0.6) is 17.2 Å². The molecule has 7 nitrogen and oxygen atoms in total. The third-order valence-electron chi connectivity index (χ3n) is 6.38. The predicted octanol–water partition coefficient (Wildman–Crippen LogP) is 6.12. The van der Waals surface area contributed by atoms with Gasteiger partial charge in [0.2, 0.25) is 0 Å². The number of Topliss-reactive ketones (excluding diaryl/α,β-unsaturated/α-hetero) is 1. The first kappa shape index (κ1) is 28.3. The highest BCUT2D eigenvalue weighted by molar-refractivity contribution is 5.99. The number of benzene rings is 3. The quantitative estimate of drug-likeness (QED) is 0.170. The molecule has 40 heavy (non-hydrogen) atoms. The Kier molecular flexibility index (Phi) is 9.46. The number of hydrogen-bond acceptors (Lipinski definition) is 7. The number of carbonyl (C=O) groups excluding carboxylic acids is 2. The summed E-state index contributed by atoms with van der Waals surface area (Å²) in [6.45, 7) is 1.69. The molecular formula is C32H30FNO6. The van der Waals surface area contributed by atoms with E-state index in [4.69, 9.17) is 14.2 Å². The number of carbonyl (C=O) groups is 2. The van der Waals surface area contributed by atoms with Gasteiger partial charge in [-0.2, -0.15) is 0 Å². The Balaban J connectivity index is 1.58. The van der Waals surface area contributed by atoms with Crippen LogP contribution >= 0.6 is 0 Å². The zero-order chi connectivity index (χ0) is 28.5. The van der Waals surface area contributed by atoms with Crippen LogP contribution in [0.4, 0.5) is 4.39 Å².